The van der Waals surface area contributed by atoms with E-state index in [2.05, 4.69) is 9.72 Å². The zero-order valence-corrected chi connectivity index (χ0v) is 13.6. The normalized spacial score (nSPS) is 12.2. The van der Waals surface area contributed by atoms with Crippen LogP contribution in [0.2, 0.25) is 0 Å². The van der Waals surface area contributed by atoms with Crippen LogP contribution in [0.4, 0.5) is 26.3 Å². The summed E-state index contributed by atoms with van der Waals surface area (Å²) in [4.78, 5) is 25.6. The summed E-state index contributed by atoms with van der Waals surface area (Å²) in [5.74, 6) is -5.38. The van der Waals surface area contributed by atoms with Crippen LogP contribution in [0.25, 0.3) is 0 Å². The Labute approximate surface area is 142 Å². The number of halogens is 6. The minimum Gasteiger partial charge on any atom is -0.489 e. The summed E-state index contributed by atoms with van der Waals surface area (Å²) >= 11 is 0. The third-order valence-corrected chi connectivity index (χ3v) is 2.74. The lowest BCUT2D eigenvalue weighted by Crippen LogP contribution is -2.27. The van der Waals surface area contributed by atoms with Gasteiger partial charge < -0.3 is 14.6 Å². The number of hydrogen-bond donors (Lipinski definition) is 1. The quantitative estimate of drug-likeness (QED) is 0.609. The van der Waals surface area contributed by atoms with Crippen molar-refractivity contribution in [2.24, 2.45) is 0 Å². The molecule has 0 unspecified atom stereocenters. The van der Waals surface area contributed by atoms with Gasteiger partial charge in [-0.05, 0) is 20.8 Å². The molecule has 0 atom stereocenters. The first kappa shape index (κ1) is 21.5. The van der Waals surface area contributed by atoms with Crippen molar-refractivity contribution >= 4 is 11.9 Å². The van der Waals surface area contributed by atoms with Gasteiger partial charge in [-0.25, -0.2) is 14.6 Å². The Bertz CT molecular complexity index is 711. The van der Waals surface area contributed by atoms with E-state index in [0.717, 1.165) is 0 Å². The molecule has 0 saturated carbocycles. The van der Waals surface area contributed by atoms with Gasteiger partial charge in [0.25, 0.3) is 0 Å². The maximum absolute atomic E-state index is 13.2. The maximum atomic E-state index is 13.2. The maximum Gasteiger partial charge on any atom is 0.434 e. The van der Waals surface area contributed by atoms with Gasteiger partial charge in [0.1, 0.15) is 11.1 Å². The Hall–Kier alpha value is -2.53. The molecule has 12 heteroatoms. The van der Waals surface area contributed by atoms with Crippen LogP contribution >= 0.6 is 0 Å². The molecule has 0 fully saturated rings. The highest BCUT2D eigenvalue weighted by atomic mass is 19.4. The number of rotatable bonds is 5. The van der Waals surface area contributed by atoms with Gasteiger partial charge in [-0.1, -0.05) is 0 Å². The van der Waals surface area contributed by atoms with Crippen LogP contribution in [0.15, 0.2) is 0 Å². The fraction of sp³-hybridized carbons (Fsp3) is 0.500. The van der Waals surface area contributed by atoms with Gasteiger partial charge in [0.2, 0.25) is 0 Å². The van der Waals surface area contributed by atoms with Gasteiger partial charge in [-0.3, -0.25) is 0 Å². The van der Waals surface area contributed by atoms with Gasteiger partial charge >= 0.3 is 24.3 Å². The fourth-order valence-corrected chi connectivity index (χ4v) is 1.92. The highest BCUT2D eigenvalue weighted by Gasteiger charge is 2.48. The van der Waals surface area contributed by atoms with Gasteiger partial charge in [-0.15, -0.1) is 0 Å². The van der Waals surface area contributed by atoms with Crippen molar-refractivity contribution < 1.29 is 50.5 Å². The molecule has 0 bridgehead atoms. The predicted molar refractivity (Wildman–Crippen MR) is 72.9 cm³/mol. The number of nitrogens with zero attached hydrogens (tertiary/aromatic N) is 1. The van der Waals surface area contributed by atoms with Crippen LogP contribution in [-0.2, 0) is 17.1 Å². The smallest absolute Gasteiger partial charge is 0.434 e. The number of carbonyl (C=O) groups excluding carboxylic acids is 1. The third kappa shape index (κ3) is 4.55. The molecule has 0 aliphatic heterocycles. The van der Waals surface area contributed by atoms with Crippen LogP contribution in [0, 0.1) is 0 Å². The monoisotopic (exact) mass is 389 g/mol. The van der Waals surface area contributed by atoms with Crippen molar-refractivity contribution in [2.75, 3.05) is 6.61 Å². The van der Waals surface area contributed by atoms with Gasteiger partial charge in [0, 0.05) is 0 Å². The molecule has 0 aliphatic rings. The number of carboxylic acid groups (broad SMARTS) is 1. The number of esters is 1. The lowest BCUT2D eigenvalue weighted by atomic mass is 10.0. The molecule has 1 heterocycles. The topological polar surface area (TPSA) is 85.7 Å². The molecule has 0 aromatic carbocycles. The van der Waals surface area contributed by atoms with Crippen LogP contribution in [0.1, 0.15) is 52.9 Å². The standard InChI is InChI=1S/C14H13F6NO5/c1-4-25-12(24)7-8(26-5(2)3)6(11(22)23)9(13(15,16)17)21-10(7)14(18,19)20/h5H,4H2,1-3H3,(H,22,23). The van der Waals surface area contributed by atoms with E-state index in [1.54, 1.807) is 0 Å². The second-order valence-electron chi connectivity index (χ2n) is 5.08. The van der Waals surface area contributed by atoms with E-state index in [4.69, 9.17) is 9.84 Å². The third-order valence-electron chi connectivity index (χ3n) is 2.74. The summed E-state index contributed by atoms with van der Waals surface area (Å²) in [6, 6.07) is 0. The number of pyridine rings is 1. The molecule has 0 saturated heterocycles. The molecule has 1 aromatic heterocycles. The zero-order valence-electron chi connectivity index (χ0n) is 13.6. The predicted octanol–water partition coefficient (Wildman–Crippen LogP) is 3.78. The summed E-state index contributed by atoms with van der Waals surface area (Å²) in [7, 11) is 0. The molecular formula is C14H13F6NO5. The first-order valence-corrected chi connectivity index (χ1v) is 7.01. The van der Waals surface area contributed by atoms with E-state index in [1.807, 2.05) is 0 Å². The fourth-order valence-electron chi connectivity index (χ4n) is 1.92. The van der Waals surface area contributed by atoms with Crippen LogP contribution in [0.5, 0.6) is 5.75 Å². The largest absolute Gasteiger partial charge is 0.489 e. The molecule has 0 aliphatic carbocycles. The molecule has 0 amide bonds. The van der Waals surface area contributed by atoms with E-state index < -0.39 is 65.3 Å². The first-order valence-electron chi connectivity index (χ1n) is 7.01. The Morgan fingerprint density at radius 3 is 1.85 bits per heavy atom. The molecule has 0 radical (unpaired) electrons. The van der Waals surface area contributed by atoms with Gasteiger partial charge in [-0.2, -0.15) is 26.3 Å². The lowest BCUT2D eigenvalue weighted by molar-refractivity contribution is -0.151. The van der Waals surface area contributed by atoms with Crippen LogP contribution < -0.4 is 4.74 Å². The summed E-state index contributed by atoms with van der Waals surface area (Å²) < 4.78 is 88.3. The second kappa shape index (κ2) is 7.38. The van der Waals surface area contributed by atoms with E-state index >= 15 is 0 Å². The zero-order chi connectivity index (χ0) is 20.4. The van der Waals surface area contributed by atoms with Crippen molar-refractivity contribution in [2.45, 2.75) is 39.2 Å². The molecule has 1 N–H and O–H groups in total. The molecule has 146 valence electrons. The summed E-state index contributed by atoms with van der Waals surface area (Å²) in [6.45, 7) is 3.27. The molecule has 26 heavy (non-hydrogen) atoms. The molecule has 0 spiro atoms. The number of alkyl halides is 6. The van der Waals surface area contributed by atoms with E-state index in [-0.39, 0.29) is 0 Å². The van der Waals surface area contributed by atoms with Crippen molar-refractivity contribution in [1.29, 1.82) is 0 Å². The Morgan fingerprint density at radius 2 is 1.50 bits per heavy atom. The minimum atomic E-state index is -5.55. The number of aromatic carboxylic acids is 1. The van der Waals surface area contributed by atoms with Gasteiger partial charge in [0.15, 0.2) is 17.1 Å². The van der Waals surface area contributed by atoms with Crippen molar-refractivity contribution in [3.8, 4) is 5.75 Å². The average Bonchev–Trinajstić information content (AvgIpc) is 2.43. The van der Waals surface area contributed by atoms with E-state index in [0.29, 0.717) is 0 Å². The van der Waals surface area contributed by atoms with E-state index in [1.165, 1.54) is 20.8 Å². The first-order chi connectivity index (χ1) is 11.7. The number of carboxylic acids is 1. The number of ether oxygens (including phenoxy) is 2. The summed E-state index contributed by atoms with van der Waals surface area (Å²) in [5, 5.41) is 9.10. The number of aromatic nitrogens is 1. The molecule has 6 nitrogen and oxygen atoms in total. The van der Waals surface area contributed by atoms with Crippen molar-refractivity contribution in [1.82, 2.24) is 4.98 Å². The minimum absolute atomic E-state index is 0.416. The Kier molecular flexibility index (Phi) is 6.10. The average molecular weight is 389 g/mol. The SMILES string of the molecule is CCOC(=O)c1c(C(F)(F)F)nc(C(F)(F)F)c(C(=O)O)c1OC(C)C. The van der Waals surface area contributed by atoms with E-state index in [9.17, 15) is 35.9 Å². The summed E-state index contributed by atoms with van der Waals surface area (Å²) in [5.41, 5.74) is -7.81. The van der Waals surface area contributed by atoms with Crippen LogP contribution in [-0.4, -0.2) is 34.7 Å². The van der Waals surface area contributed by atoms with Crippen molar-refractivity contribution in [3.63, 3.8) is 0 Å². The Balaban J connectivity index is 4.10. The highest BCUT2D eigenvalue weighted by molar-refractivity contribution is 6.01. The highest BCUT2D eigenvalue weighted by Crippen LogP contribution is 2.43. The number of carbonyl (C=O) groups is 2. The molecule has 1 aromatic rings. The van der Waals surface area contributed by atoms with Gasteiger partial charge in [0.05, 0.1) is 12.7 Å². The summed E-state index contributed by atoms with van der Waals surface area (Å²) in [6.07, 6.45) is -12.1. The lowest BCUT2D eigenvalue weighted by Gasteiger charge is -2.22. The van der Waals surface area contributed by atoms with Crippen LogP contribution in [0.3, 0.4) is 0 Å². The molecular weight excluding hydrogens is 376 g/mol. The Morgan fingerprint density at radius 1 is 1.04 bits per heavy atom. The molecule has 1 rings (SSSR count). The number of hydrogen-bond acceptors (Lipinski definition) is 5. The second-order valence-corrected chi connectivity index (χ2v) is 5.08. The van der Waals surface area contributed by atoms with Crippen molar-refractivity contribution in [3.05, 3.63) is 22.5 Å².